The third-order valence-corrected chi connectivity index (χ3v) is 5.21. The quantitative estimate of drug-likeness (QED) is 0.468. The summed E-state index contributed by atoms with van der Waals surface area (Å²) in [4.78, 5) is 23.0. The number of rotatable bonds is 4. The molecule has 7 heteroatoms. The summed E-state index contributed by atoms with van der Waals surface area (Å²) in [6, 6.07) is 20.8. The third kappa shape index (κ3) is 5.85. The van der Waals surface area contributed by atoms with E-state index in [1.807, 2.05) is 81.4 Å². The summed E-state index contributed by atoms with van der Waals surface area (Å²) in [7, 11) is 0. The van der Waals surface area contributed by atoms with Crippen LogP contribution in [0.5, 0.6) is 0 Å². The zero-order chi connectivity index (χ0) is 24.1. The summed E-state index contributed by atoms with van der Waals surface area (Å²) in [5.41, 5.74) is 2.49. The maximum absolute atomic E-state index is 15.1. The van der Waals surface area contributed by atoms with Crippen LogP contribution >= 0.6 is 0 Å². The lowest BCUT2D eigenvalue weighted by molar-refractivity contribution is -0.0459. The van der Waals surface area contributed by atoms with Gasteiger partial charge in [0.05, 0.1) is 30.7 Å². The summed E-state index contributed by atoms with van der Waals surface area (Å²) < 4.78 is 26.3. The highest BCUT2D eigenvalue weighted by atomic mass is 19.1. The van der Waals surface area contributed by atoms with Gasteiger partial charge in [0.25, 0.3) is 0 Å². The molecule has 6 nitrogen and oxygen atoms in total. The van der Waals surface area contributed by atoms with Gasteiger partial charge in [0.1, 0.15) is 23.2 Å². The highest BCUT2D eigenvalue weighted by Crippen LogP contribution is 2.27. The second-order valence-electron chi connectivity index (χ2n) is 9.04. The molecule has 0 aliphatic carbocycles. The average molecular weight is 462 g/mol. The first-order chi connectivity index (χ1) is 16.3. The van der Waals surface area contributed by atoms with Crippen molar-refractivity contribution in [1.29, 1.82) is 0 Å². The standard InChI is InChI=1S/C27H28FN3O3/c1-27(2,3)34-26(32)31-14-15-33-23(18-31)25-22(28)16-21(17-29-25)30-24(19-10-6-4-7-11-19)20-12-8-5-9-13-20/h4-13,16-17,23H,14-15,18H2,1-3H3. The van der Waals surface area contributed by atoms with E-state index in [9.17, 15) is 4.79 Å². The van der Waals surface area contributed by atoms with Gasteiger partial charge in [0, 0.05) is 23.7 Å². The Balaban J connectivity index is 1.59. The van der Waals surface area contributed by atoms with Crippen molar-refractivity contribution in [3.8, 4) is 0 Å². The number of halogens is 1. The number of carbonyl (C=O) groups is 1. The molecule has 0 spiro atoms. The van der Waals surface area contributed by atoms with Crippen LogP contribution in [0.25, 0.3) is 0 Å². The Morgan fingerprint density at radius 3 is 2.26 bits per heavy atom. The van der Waals surface area contributed by atoms with Gasteiger partial charge in [-0.2, -0.15) is 0 Å². The molecule has 0 radical (unpaired) electrons. The Hall–Kier alpha value is -3.58. The average Bonchev–Trinajstić information content (AvgIpc) is 2.83. The Bertz CT molecular complexity index is 1120. The Kier molecular flexibility index (Phi) is 7.03. The molecule has 1 unspecified atom stereocenters. The first-order valence-electron chi connectivity index (χ1n) is 11.2. The van der Waals surface area contributed by atoms with E-state index in [4.69, 9.17) is 14.5 Å². The van der Waals surface area contributed by atoms with Crippen LogP contribution in [0.3, 0.4) is 0 Å². The number of aromatic nitrogens is 1. The number of amides is 1. The molecule has 0 bridgehead atoms. The molecule has 2 aromatic carbocycles. The van der Waals surface area contributed by atoms with Crippen molar-refractivity contribution in [3.63, 3.8) is 0 Å². The van der Waals surface area contributed by atoms with E-state index >= 15 is 4.39 Å². The first-order valence-corrected chi connectivity index (χ1v) is 11.2. The lowest BCUT2D eigenvalue weighted by Crippen LogP contribution is -2.45. The fourth-order valence-electron chi connectivity index (χ4n) is 3.66. The van der Waals surface area contributed by atoms with Crippen molar-refractivity contribution in [1.82, 2.24) is 9.88 Å². The van der Waals surface area contributed by atoms with Crippen molar-refractivity contribution < 1.29 is 18.7 Å². The normalized spacial score (nSPS) is 16.1. The molecule has 1 amide bonds. The van der Waals surface area contributed by atoms with E-state index in [1.165, 1.54) is 17.2 Å². The largest absolute Gasteiger partial charge is 0.444 e. The van der Waals surface area contributed by atoms with Crippen LogP contribution in [0.1, 0.15) is 43.7 Å². The van der Waals surface area contributed by atoms with Crippen LogP contribution < -0.4 is 0 Å². The van der Waals surface area contributed by atoms with Gasteiger partial charge in [-0.1, -0.05) is 60.7 Å². The van der Waals surface area contributed by atoms with Crippen LogP contribution in [0.2, 0.25) is 0 Å². The number of ether oxygens (including phenoxy) is 2. The fraction of sp³-hybridized carbons (Fsp3) is 0.296. The Labute approximate surface area is 199 Å². The van der Waals surface area contributed by atoms with Crippen LogP contribution in [-0.2, 0) is 9.47 Å². The summed E-state index contributed by atoms with van der Waals surface area (Å²) in [6.07, 6.45) is 0.403. The Morgan fingerprint density at radius 2 is 1.71 bits per heavy atom. The zero-order valence-electron chi connectivity index (χ0n) is 19.6. The van der Waals surface area contributed by atoms with Gasteiger partial charge >= 0.3 is 6.09 Å². The molecular weight excluding hydrogens is 433 g/mol. The number of morpholine rings is 1. The second-order valence-corrected chi connectivity index (χ2v) is 9.04. The zero-order valence-corrected chi connectivity index (χ0v) is 19.6. The van der Waals surface area contributed by atoms with Crippen molar-refractivity contribution in [2.45, 2.75) is 32.5 Å². The lowest BCUT2D eigenvalue weighted by atomic mass is 10.0. The maximum Gasteiger partial charge on any atom is 0.410 e. The minimum atomic E-state index is -0.679. The molecule has 1 aromatic heterocycles. The number of hydrogen-bond donors (Lipinski definition) is 0. The van der Waals surface area contributed by atoms with Gasteiger partial charge in [0.2, 0.25) is 0 Å². The Morgan fingerprint density at radius 1 is 1.09 bits per heavy atom. The maximum atomic E-state index is 15.1. The number of aliphatic imine (C=N–C) groups is 1. The van der Waals surface area contributed by atoms with E-state index in [1.54, 1.807) is 0 Å². The van der Waals surface area contributed by atoms with Crippen LogP contribution in [-0.4, -0.2) is 47.0 Å². The molecule has 34 heavy (non-hydrogen) atoms. The monoisotopic (exact) mass is 461 g/mol. The topological polar surface area (TPSA) is 64.0 Å². The van der Waals surface area contributed by atoms with Gasteiger partial charge < -0.3 is 14.4 Å². The molecule has 176 valence electrons. The molecule has 0 saturated carbocycles. The number of nitrogens with zero attached hydrogens (tertiary/aromatic N) is 3. The number of benzene rings is 2. The van der Waals surface area contributed by atoms with Gasteiger partial charge in [-0.05, 0) is 20.8 Å². The van der Waals surface area contributed by atoms with E-state index in [0.29, 0.717) is 12.2 Å². The molecule has 1 fully saturated rings. The molecule has 1 aliphatic rings. The van der Waals surface area contributed by atoms with E-state index in [2.05, 4.69) is 4.98 Å². The second kappa shape index (κ2) is 10.1. The van der Waals surface area contributed by atoms with Gasteiger partial charge in [-0.3, -0.25) is 4.98 Å². The highest BCUT2D eigenvalue weighted by molar-refractivity contribution is 6.13. The van der Waals surface area contributed by atoms with Crippen molar-refractivity contribution in [3.05, 3.63) is 95.6 Å². The SMILES string of the molecule is CC(C)(C)OC(=O)N1CCOC(c2ncc(N=C(c3ccccc3)c3ccccc3)cc2F)C1. The summed E-state index contributed by atoms with van der Waals surface area (Å²) >= 11 is 0. The van der Waals surface area contributed by atoms with Crippen LogP contribution in [0.15, 0.2) is 77.9 Å². The summed E-state index contributed by atoms with van der Waals surface area (Å²) in [5, 5.41) is 0. The number of carbonyl (C=O) groups excluding carboxylic acids is 1. The molecule has 3 aromatic rings. The summed E-state index contributed by atoms with van der Waals surface area (Å²) in [5.74, 6) is -0.530. The minimum absolute atomic E-state index is 0.146. The fourth-order valence-corrected chi connectivity index (χ4v) is 3.66. The van der Waals surface area contributed by atoms with E-state index in [0.717, 1.165) is 16.8 Å². The molecule has 1 aliphatic heterocycles. The third-order valence-electron chi connectivity index (χ3n) is 5.21. The van der Waals surface area contributed by atoms with E-state index in [-0.39, 0.29) is 18.8 Å². The van der Waals surface area contributed by atoms with Crippen LogP contribution in [0, 0.1) is 5.82 Å². The van der Waals surface area contributed by atoms with E-state index < -0.39 is 23.6 Å². The highest BCUT2D eigenvalue weighted by Gasteiger charge is 2.31. The van der Waals surface area contributed by atoms with Gasteiger partial charge in [-0.15, -0.1) is 0 Å². The molecule has 2 heterocycles. The predicted octanol–water partition coefficient (Wildman–Crippen LogP) is 5.70. The summed E-state index contributed by atoms with van der Waals surface area (Å²) in [6.45, 7) is 6.25. The van der Waals surface area contributed by atoms with Crippen LogP contribution in [0.4, 0.5) is 14.9 Å². The number of pyridine rings is 1. The molecule has 1 atom stereocenters. The molecular formula is C27H28FN3O3. The molecule has 0 N–H and O–H groups in total. The van der Waals surface area contributed by atoms with Crippen molar-refractivity contribution >= 4 is 17.5 Å². The smallest absolute Gasteiger partial charge is 0.410 e. The van der Waals surface area contributed by atoms with Gasteiger partial charge in [-0.25, -0.2) is 14.2 Å². The first kappa shape index (κ1) is 23.6. The minimum Gasteiger partial charge on any atom is -0.444 e. The van der Waals surface area contributed by atoms with Gasteiger partial charge in [0.15, 0.2) is 0 Å². The van der Waals surface area contributed by atoms with Crippen molar-refractivity contribution in [2.24, 2.45) is 4.99 Å². The lowest BCUT2D eigenvalue weighted by Gasteiger charge is -2.34. The number of hydrogen-bond acceptors (Lipinski definition) is 5. The molecule has 4 rings (SSSR count). The predicted molar refractivity (Wildman–Crippen MR) is 129 cm³/mol. The molecule has 1 saturated heterocycles. The van der Waals surface area contributed by atoms with Crippen molar-refractivity contribution in [2.75, 3.05) is 19.7 Å².